The van der Waals surface area contributed by atoms with Crippen molar-refractivity contribution in [1.29, 1.82) is 0 Å². The molecule has 0 saturated carbocycles. The first-order chi connectivity index (χ1) is 9.66. The average Bonchev–Trinajstić information content (AvgIpc) is 2.75. The molecule has 1 aliphatic carbocycles. The van der Waals surface area contributed by atoms with Crippen LogP contribution in [0.4, 0.5) is 4.79 Å². The number of hydrogen-bond donors (Lipinski definition) is 1. The SMILES string of the molecule is CO/N=C1/CC2(CCN(C(=O)O)CC2)c2ccccc21. The van der Waals surface area contributed by atoms with Crippen LogP contribution in [-0.4, -0.2) is 42.0 Å². The summed E-state index contributed by atoms with van der Waals surface area (Å²) in [7, 11) is 1.56. The molecular formula is C15H18N2O3. The fraction of sp³-hybridized carbons (Fsp3) is 0.467. The molecule has 0 bridgehead atoms. The molecule has 2 aliphatic rings. The molecule has 1 heterocycles. The van der Waals surface area contributed by atoms with Crippen molar-refractivity contribution in [2.24, 2.45) is 5.16 Å². The van der Waals surface area contributed by atoms with Crippen molar-refractivity contribution in [2.45, 2.75) is 24.7 Å². The number of oxime groups is 1. The standard InChI is InChI=1S/C15H18N2O3/c1-20-16-13-10-15(12-5-3-2-4-11(12)13)6-8-17(9-7-15)14(18)19/h2-5H,6-10H2,1H3,(H,18,19)/b16-13-. The number of nitrogens with zero attached hydrogens (tertiary/aromatic N) is 2. The van der Waals surface area contributed by atoms with Crippen LogP contribution in [0.3, 0.4) is 0 Å². The predicted octanol–water partition coefficient (Wildman–Crippen LogP) is 2.45. The molecule has 1 N–H and O–H groups in total. The number of carbonyl (C=O) groups is 1. The summed E-state index contributed by atoms with van der Waals surface area (Å²) < 4.78 is 0. The van der Waals surface area contributed by atoms with Crippen molar-refractivity contribution < 1.29 is 14.7 Å². The number of rotatable bonds is 1. The summed E-state index contributed by atoms with van der Waals surface area (Å²) in [6, 6.07) is 8.27. The third kappa shape index (κ3) is 1.94. The van der Waals surface area contributed by atoms with Crippen LogP contribution in [0, 0.1) is 0 Å². The number of likely N-dealkylation sites (tertiary alicyclic amines) is 1. The van der Waals surface area contributed by atoms with E-state index < -0.39 is 6.09 Å². The third-order valence-electron chi connectivity index (χ3n) is 4.51. The van der Waals surface area contributed by atoms with Crippen molar-refractivity contribution in [3.8, 4) is 0 Å². The van der Waals surface area contributed by atoms with Gasteiger partial charge in [-0.15, -0.1) is 0 Å². The molecule has 0 unspecified atom stereocenters. The van der Waals surface area contributed by atoms with Crippen LogP contribution in [0.5, 0.6) is 0 Å². The lowest BCUT2D eigenvalue weighted by atomic mass is 9.74. The van der Waals surface area contributed by atoms with Gasteiger partial charge in [0.2, 0.25) is 0 Å². The predicted molar refractivity (Wildman–Crippen MR) is 75.1 cm³/mol. The van der Waals surface area contributed by atoms with Crippen molar-refractivity contribution in [3.63, 3.8) is 0 Å². The topological polar surface area (TPSA) is 62.1 Å². The summed E-state index contributed by atoms with van der Waals surface area (Å²) in [6.45, 7) is 1.17. The number of piperidine rings is 1. The molecule has 0 radical (unpaired) electrons. The van der Waals surface area contributed by atoms with Crippen LogP contribution in [0.15, 0.2) is 29.4 Å². The quantitative estimate of drug-likeness (QED) is 0.800. The second kappa shape index (κ2) is 4.81. The lowest BCUT2D eigenvalue weighted by molar-refractivity contribution is 0.118. The lowest BCUT2D eigenvalue weighted by Crippen LogP contribution is -2.43. The molecule has 1 aromatic rings. The molecule has 0 aromatic heterocycles. The minimum Gasteiger partial charge on any atom is -0.465 e. The Labute approximate surface area is 117 Å². The normalized spacial score (nSPS) is 22.1. The van der Waals surface area contributed by atoms with E-state index in [4.69, 9.17) is 9.94 Å². The van der Waals surface area contributed by atoms with Gasteiger partial charge in [-0.1, -0.05) is 29.4 Å². The number of benzene rings is 1. The van der Waals surface area contributed by atoms with Crippen LogP contribution in [0.2, 0.25) is 0 Å². The Morgan fingerprint density at radius 3 is 2.70 bits per heavy atom. The van der Waals surface area contributed by atoms with Gasteiger partial charge in [-0.3, -0.25) is 0 Å². The van der Waals surface area contributed by atoms with Crippen molar-refractivity contribution >= 4 is 11.8 Å². The zero-order valence-electron chi connectivity index (χ0n) is 11.5. The smallest absolute Gasteiger partial charge is 0.407 e. The number of carboxylic acid groups (broad SMARTS) is 1. The third-order valence-corrected chi connectivity index (χ3v) is 4.51. The summed E-state index contributed by atoms with van der Waals surface area (Å²) in [5.41, 5.74) is 3.45. The van der Waals surface area contributed by atoms with Crippen LogP contribution in [0.1, 0.15) is 30.4 Å². The van der Waals surface area contributed by atoms with Gasteiger partial charge >= 0.3 is 6.09 Å². The molecule has 3 rings (SSSR count). The second-order valence-electron chi connectivity index (χ2n) is 5.49. The Balaban J connectivity index is 1.93. The Morgan fingerprint density at radius 2 is 2.05 bits per heavy atom. The lowest BCUT2D eigenvalue weighted by Gasteiger charge is -2.38. The number of amides is 1. The van der Waals surface area contributed by atoms with E-state index in [2.05, 4.69) is 17.3 Å². The van der Waals surface area contributed by atoms with Crippen LogP contribution >= 0.6 is 0 Å². The van der Waals surface area contributed by atoms with Crippen LogP contribution in [-0.2, 0) is 10.3 Å². The van der Waals surface area contributed by atoms with Crippen molar-refractivity contribution in [1.82, 2.24) is 4.90 Å². The molecule has 1 saturated heterocycles. The van der Waals surface area contributed by atoms with Gasteiger partial charge < -0.3 is 14.8 Å². The maximum atomic E-state index is 11.1. The zero-order chi connectivity index (χ0) is 14.2. The van der Waals surface area contributed by atoms with E-state index >= 15 is 0 Å². The molecule has 5 nitrogen and oxygen atoms in total. The van der Waals surface area contributed by atoms with Gasteiger partial charge in [0.05, 0.1) is 5.71 Å². The Kier molecular flexibility index (Phi) is 3.12. The Hall–Kier alpha value is -2.04. The highest BCUT2D eigenvalue weighted by molar-refractivity contribution is 6.05. The van der Waals surface area contributed by atoms with E-state index in [-0.39, 0.29) is 5.41 Å². The van der Waals surface area contributed by atoms with Gasteiger partial charge in [0.15, 0.2) is 0 Å². The summed E-state index contributed by atoms with van der Waals surface area (Å²) >= 11 is 0. The van der Waals surface area contributed by atoms with E-state index in [0.29, 0.717) is 13.1 Å². The Bertz CT molecular complexity index is 560. The van der Waals surface area contributed by atoms with E-state index in [9.17, 15) is 4.79 Å². The fourth-order valence-electron chi connectivity index (χ4n) is 3.47. The van der Waals surface area contributed by atoms with Gasteiger partial charge in [0.1, 0.15) is 7.11 Å². The first-order valence-corrected chi connectivity index (χ1v) is 6.84. The highest BCUT2D eigenvalue weighted by Crippen LogP contribution is 2.46. The van der Waals surface area contributed by atoms with Gasteiger partial charge in [0.25, 0.3) is 0 Å². The summed E-state index contributed by atoms with van der Waals surface area (Å²) in [6.07, 6.45) is 1.71. The van der Waals surface area contributed by atoms with E-state index in [1.54, 1.807) is 7.11 Å². The molecule has 1 aliphatic heterocycles. The van der Waals surface area contributed by atoms with E-state index in [1.807, 2.05) is 12.1 Å². The van der Waals surface area contributed by atoms with Gasteiger partial charge in [-0.2, -0.15) is 0 Å². The molecule has 0 atom stereocenters. The average molecular weight is 274 g/mol. The Morgan fingerprint density at radius 1 is 1.35 bits per heavy atom. The number of fused-ring (bicyclic) bond motifs is 2. The molecule has 1 aromatic carbocycles. The molecule has 1 spiro atoms. The van der Waals surface area contributed by atoms with Crippen molar-refractivity contribution in [3.05, 3.63) is 35.4 Å². The van der Waals surface area contributed by atoms with E-state index in [1.165, 1.54) is 10.5 Å². The van der Waals surface area contributed by atoms with Gasteiger partial charge in [0, 0.05) is 30.5 Å². The van der Waals surface area contributed by atoms with Gasteiger partial charge in [-0.05, 0) is 18.4 Å². The monoisotopic (exact) mass is 274 g/mol. The molecular weight excluding hydrogens is 256 g/mol. The second-order valence-corrected chi connectivity index (χ2v) is 5.49. The maximum Gasteiger partial charge on any atom is 0.407 e. The minimum absolute atomic E-state index is 0.0277. The first kappa shape index (κ1) is 13.0. The molecule has 1 fully saturated rings. The number of hydrogen-bond acceptors (Lipinski definition) is 3. The van der Waals surface area contributed by atoms with Crippen molar-refractivity contribution in [2.75, 3.05) is 20.2 Å². The fourth-order valence-corrected chi connectivity index (χ4v) is 3.47. The summed E-state index contributed by atoms with van der Waals surface area (Å²) in [5.74, 6) is 0. The molecule has 5 heteroatoms. The van der Waals surface area contributed by atoms with E-state index in [0.717, 1.165) is 30.5 Å². The molecule has 1 amide bonds. The largest absolute Gasteiger partial charge is 0.465 e. The van der Waals surface area contributed by atoms with Crippen LogP contribution in [0.25, 0.3) is 0 Å². The zero-order valence-corrected chi connectivity index (χ0v) is 11.5. The molecule has 106 valence electrons. The first-order valence-electron chi connectivity index (χ1n) is 6.84. The van der Waals surface area contributed by atoms with Crippen LogP contribution < -0.4 is 0 Å². The summed E-state index contributed by atoms with van der Waals surface area (Å²) in [5, 5.41) is 13.2. The minimum atomic E-state index is -0.822. The maximum absolute atomic E-state index is 11.1. The molecule has 20 heavy (non-hydrogen) atoms. The highest BCUT2D eigenvalue weighted by atomic mass is 16.6. The van der Waals surface area contributed by atoms with Gasteiger partial charge in [-0.25, -0.2) is 4.79 Å². The summed E-state index contributed by atoms with van der Waals surface area (Å²) in [4.78, 5) is 17.5. The highest BCUT2D eigenvalue weighted by Gasteiger charge is 2.44.